The molecule has 8 heteroatoms. The number of imidazole rings is 1. The van der Waals surface area contributed by atoms with Gasteiger partial charge in [0.25, 0.3) is 5.91 Å². The van der Waals surface area contributed by atoms with Crippen molar-refractivity contribution >= 4 is 29.2 Å². The van der Waals surface area contributed by atoms with Crippen LogP contribution in [0.1, 0.15) is 30.1 Å². The Labute approximate surface area is 208 Å². The van der Waals surface area contributed by atoms with Crippen LogP contribution in [0.5, 0.6) is 0 Å². The summed E-state index contributed by atoms with van der Waals surface area (Å²) >= 11 is 6.04. The molecule has 0 unspecified atom stereocenters. The van der Waals surface area contributed by atoms with Crippen molar-refractivity contribution in [2.45, 2.75) is 25.3 Å². The van der Waals surface area contributed by atoms with Crippen molar-refractivity contribution in [3.63, 3.8) is 0 Å². The van der Waals surface area contributed by atoms with Crippen LogP contribution in [0.15, 0.2) is 73.1 Å². The molecule has 2 aromatic carbocycles. The minimum absolute atomic E-state index is 0.0380. The van der Waals surface area contributed by atoms with Gasteiger partial charge in [0.2, 0.25) is 0 Å². The Bertz CT molecular complexity index is 1390. The number of carbonyl (C=O) groups is 2. The maximum absolute atomic E-state index is 13.0. The number of carbonyl (C=O) groups excluding carboxylic acids is 1. The van der Waals surface area contributed by atoms with Gasteiger partial charge in [0.05, 0.1) is 11.9 Å². The molecule has 3 heterocycles. The van der Waals surface area contributed by atoms with Gasteiger partial charge in [0, 0.05) is 41.0 Å². The van der Waals surface area contributed by atoms with Gasteiger partial charge in [-0.2, -0.15) is 0 Å². The number of nitrogens with zero attached hydrogens (tertiary/aromatic N) is 3. The lowest BCUT2D eigenvalue weighted by Gasteiger charge is -2.39. The Morgan fingerprint density at radius 2 is 1.57 bits per heavy atom. The summed E-state index contributed by atoms with van der Waals surface area (Å²) in [6.07, 6.45) is 4.04. The third kappa shape index (κ3) is 4.72. The van der Waals surface area contributed by atoms with E-state index in [1.807, 2.05) is 84.4 Å². The third-order valence-electron chi connectivity index (χ3n) is 6.67. The first-order valence-electron chi connectivity index (χ1n) is 11.5. The molecule has 2 amide bonds. The Kier molecular flexibility index (Phi) is 5.94. The van der Waals surface area contributed by atoms with Crippen molar-refractivity contribution in [2.24, 2.45) is 0 Å². The second kappa shape index (κ2) is 9.07. The van der Waals surface area contributed by atoms with E-state index in [0.29, 0.717) is 36.5 Å². The predicted octanol–water partition coefficient (Wildman–Crippen LogP) is 5.58. The SMILES string of the molecule is CC1(NC(=O)O)CCN(C(=O)c2ccc(-c3ccc4ncc(-c5ccc(Cl)cc5)n4c3)cc2)CC1. The smallest absolute Gasteiger partial charge is 0.405 e. The highest BCUT2D eigenvalue weighted by molar-refractivity contribution is 6.30. The highest BCUT2D eigenvalue weighted by Gasteiger charge is 2.33. The molecule has 7 nitrogen and oxygen atoms in total. The van der Waals surface area contributed by atoms with Crippen molar-refractivity contribution in [1.29, 1.82) is 0 Å². The fraction of sp³-hybridized carbons (Fsp3) is 0.222. The van der Waals surface area contributed by atoms with Crippen LogP contribution in [0.3, 0.4) is 0 Å². The minimum atomic E-state index is -1.03. The van der Waals surface area contributed by atoms with E-state index < -0.39 is 11.6 Å². The number of piperidine rings is 1. The van der Waals surface area contributed by atoms with Crippen molar-refractivity contribution < 1.29 is 14.7 Å². The highest BCUT2D eigenvalue weighted by atomic mass is 35.5. The number of aromatic nitrogens is 2. The number of carboxylic acid groups (broad SMARTS) is 1. The number of amides is 2. The number of fused-ring (bicyclic) bond motifs is 1. The summed E-state index contributed by atoms with van der Waals surface area (Å²) in [5.41, 5.74) is 4.97. The Morgan fingerprint density at radius 3 is 2.23 bits per heavy atom. The summed E-state index contributed by atoms with van der Waals surface area (Å²) in [4.78, 5) is 30.3. The molecule has 178 valence electrons. The zero-order chi connectivity index (χ0) is 24.6. The van der Waals surface area contributed by atoms with Gasteiger partial charge in [-0.3, -0.25) is 9.20 Å². The van der Waals surface area contributed by atoms with Crippen LogP contribution >= 0.6 is 11.6 Å². The third-order valence-corrected chi connectivity index (χ3v) is 6.93. The molecule has 4 aromatic rings. The van der Waals surface area contributed by atoms with Crippen LogP contribution in [-0.4, -0.2) is 50.0 Å². The lowest BCUT2D eigenvalue weighted by Crippen LogP contribution is -2.54. The van der Waals surface area contributed by atoms with Gasteiger partial charge in [-0.15, -0.1) is 0 Å². The van der Waals surface area contributed by atoms with E-state index in [1.165, 1.54) is 0 Å². The lowest BCUT2D eigenvalue weighted by atomic mass is 9.89. The number of halogens is 1. The standard InChI is InChI=1S/C27H25ClN4O3/c1-27(30-26(34)35)12-14-31(15-13-27)25(33)20-4-2-18(3-5-20)21-8-11-24-29-16-23(32(24)17-21)19-6-9-22(28)10-7-19/h2-11,16-17,30H,12-15H2,1H3,(H,34,35). The summed E-state index contributed by atoms with van der Waals surface area (Å²) in [5, 5.41) is 12.3. The molecule has 1 aliphatic heterocycles. The fourth-order valence-electron chi connectivity index (χ4n) is 4.56. The van der Waals surface area contributed by atoms with Crippen molar-refractivity contribution in [3.05, 3.63) is 83.6 Å². The van der Waals surface area contributed by atoms with Crippen LogP contribution in [0, 0.1) is 0 Å². The Hall–Kier alpha value is -3.84. The summed E-state index contributed by atoms with van der Waals surface area (Å²) in [7, 11) is 0. The number of rotatable bonds is 4. The van der Waals surface area contributed by atoms with Crippen LogP contribution < -0.4 is 5.32 Å². The van der Waals surface area contributed by atoms with Crippen molar-refractivity contribution in [2.75, 3.05) is 13.1 Å². The molecule has 0 bridgehead atoms. The van der Waals surface area contributed by atoms with Gasteiger partial charge in [0.1, 0.15) is 5.65 Å². The molecule has 2 N–H and O–H groups in total. The summed E-state index contributed by atoms with van der Waals surface area (Å²) in [6.45, 7) is 2.91. The summed E-state index contributed by atoms with van der Waals surface area (Å²) in [6, 6.07) is 19.3. The fourth-order valence-corrected chi connectivity index (χ4v) is 4.69. The van der Waals surface area contributed by atoms with Crippen molar-refractivity contribution in [3.8, 4) is 22.4 Å². The van der Waals surface area contributed by atoms with E-state index in [-0.39, 0.29) is 5.91 Å². The molecule has 0 saturated carbocycles. The van der Waals surface area contributed by atoms with Gasteiger partial charge in [-0.05, 0) is 67.3 Å². The lowest BCUT2D eigenvalue weighted by molar-refractivity contribution is 0.0657. The Balaban J connectivity index is 1.34. The molecule has 0 spiro atoms. The van der Waals surface area contributed by atoms with E-state index in [0.717, 1.165) is 28.0 Å². The van der Waals surface area contributed by atoms with E-state index in [2.05, 4.69) is 10.3 Å². The van der Waals surface area contributed by atoms with Gasteiger partial charge in [-0.1, -0.05) is 35.9 Å². The van der Waals surface area contributed by atoms with Gasteiger partial charge in [0.15, 0.2) is 0 Å². The number of benzene rings is 2. The predicted molar refractivity (Wildman–Crippen MR) is 136 cm³/mol. The van der Waals surface area contributed by atoms with Gasteiger partial charge < -0.3 is 15.3 Å². The zero-order valence-electron chi connectivity index (χ0n) is 19.2. The quantitative estimate of drug-likeness (QED) is 0.392. The second-order valence-corrected chi connectivity index (χ2v) is 9.59. The van der Waals surface area contributed by atoms with Crippen LogP contribution in [0.2, 0.25) is 5.02 Å². The molecule has 1 aliphatic rings. The molecule has 35 heavy (non-hydrogen) atoms. The van der Waals surface area contributed by atoms with Gasteiger partial charge >= 0.3 is 6.09 Å². The monoisotopic (exact) mass is 488 g/mol. The molecular formula is C27H25ClN4O3. The number of nitrogens with one attached hydrogen (secondary N) is 1. The molecule has 2 aromatic heterocycles. The molecule has 1 saturated heterocycles. The van der Waals surface area contributed by atoms with Crippen molar-refractivity contribution in [1.82, 2.24) is 19.6 Å². The normalized spacial score (nSPS) is 15.2. The maximum Gasteiger partial charge on any atom is 0.405 e. The summed E-state index contributed by atoms with van der Waals surface area (Å²) in [5.74, 6) is -0.0380. The number of pyridine rings is 1. The Morgan fingerprint density at radius 1 is 0.943 bits per heavy atom. The van der Waals surface area contributed by atoms with E-state index in [4.69, 9.17) is 16.7 Å². The van der Waals surface area contributed by atoms with Crippen LogP contribution in [0.25, 0.3) is 28.0 Å². The molecule has 0 radical (unpaired) electrons. The average Bonchev–Trinajstić information content (AvgIpc) is 3.27. The molecule has 5 rings (SSSR count). The first kappa shape index (κ1) is 22.9. The maximum atomic E-state index is 13.0. The van der Waals surface area contributed by atoms with Crippen LogP contribution in [0.4, 0.5) is 4.79 Å². The molecule has 0 atom stereocenters. The van der Waals surface area contributed by atoms with Gasteiger partial charge in [-0.25, -0.2) is 9.78 Å². The first-order chi connectivity index (χ1) is 16.8. The van der Waals surface area contributed by atoms with Crippen LogP contribution in [-0.2, 0) is 0 Å². The summed E-state index contributed by atoms with van der Waals surface area (Å²) < 4.78 is 2.05. The number of hydrogen-bond acceptors (Lipinski definition) is 3. The minimum Gasteiger partial charge on any atom is -0.465 e. The topological polar surface area (TPSA) is 86.9 Å². The number of likely N-dealkylation sites (tertiary alicyclic amines) is 1. The average molecular weight is 489 g/mol. The van der Waals surface area contributed by atoms with E-state index in [9.17, 15) is 9.59 Å². The highest BCUT2D eigenvalue weighted by Crippen LogP contribution is 2.27. The molecule has 1 fully saturated rings. The van der Waals surface area contributed by atoms with E-state index >= 15 is 0 Å². The number of hydrogen-bond donors (Lipinski definition) is 2. The second-order valence-electron chi connectivity index (χ2n) is 9.16. The zero-order valence-corrected chi connectivity index (χ0v) is 20.0. The molecule has 0 aliphatic carbocycles. The van der Waals surface area contributed by atoms with E-state index in [1.54, 1.807) is 4.90 Å². The molecular weight excluding hydrogens is 464 g/mol. The largest absolute Gasteiger partial charge is 0.465 e. The first-order valence-corrected chi connectivity index (χ1v) is 11.8.